The number of nitrogens with zero attached hydrogens (tertiary/aromatic N) is 5. The number of amides is 1. The average Bonchev–Trinajstić information content (AvgIpc) is 3.27. The van der Waals surface area contributed by atoms with Crippen molar-refractivity contribution in [3.05, 3.63) is 87.3 Å². The van der Waals surface area contributed by atoms with Crippen LogP contribution in [0.4, 0.5) is 4.39 Å². The van der Waals surface area contributed by atoms with E-state index in [2.05, 4.69) is 26.0 Å². The van der Waals surface area contributed by atoms with Crippen molar-refractivity contribution < 1.29 is 14.3 Å². The zero-order chi connectivity index (χ0) is 23.9. The first-order valence-electron chi connectivity index (χ1n) is 10.8. The van der Waals surface area contributed by atoms with E-state index in [-0.39, 0.29) is 18.0 Å². The SMILES string of the molecule is O=C(c1ccc(F)cc1)N1CCC(O)(Cn2cnc3c(cnn3-c3ccc(Br)cc3)c2=O)CC1. The van der Waals surface area contributed by atoms with Crippen LogP contribution in [0.5, 0.6) is 0 Å². The number of likely N-dealkylation sites (tertiary alicyclic amines) is 1. The molecule has 0 atom stereocenters. The van der Waals surface area contributed by atoms with Gasteiger partial charge in [0.15, 0.2) is 5.65 Å². The van der Waals surface area contributed by atoms with Gasteiger partial charge in [0.25, 0.3) is 11.5 Å². The van der Waals surface area contributed by atoms with Crippen molar-refractivity contribution in [2.45, 2.75) is 25.0 Å². The van der Waals surface area contributed by atoms with Gasteiger partial charge < -0.3 is 10.0 Å². The molecular formula is C24H21BrFN5O3. The zero-order valence-corrected chi connectivity index (χ0v) is 19.7. The quantitative estimate of drug-likeness (QED) is 0.441. The first kappa shape index (κ1) is 22.4. The van der Waals surface area contributed by atoms with Crippen molar-refractivity contribution in [3.63, 3.8) is 0 Å². The normalized spacial score (nSPS) is 15.6. The molecule has 0 radical (unpaired) electrons. The average molecular weight is 526 g/mol. The van der Waals surface area contributed by atoms with Crippen LogP contribution in [0.1, 0.15) is 23.2 Å². The molecule has 1 N–H and O–H groups in total. The van der Waals surface area contributed by atoms with Crippen LogP contribution in [0.25, 0.3) is 16.7 Å². The molecule has 1 amide bonds. The molecule has 4 aromatic rings. The number of halogens is 2. The summed E-state index contributed by atoms with van der Waals surface area (Å²) in [6.07, 6.45) is 3.53. The predicted octanol–water partition coefficient (Wildman–Crippen LogP) is 3.15. The lowest BCUT2D eigenvalue weighted by Crippen LogP contribution is -2.49. The van der Waals surface area contributed by atoms with Crippen molar-refractivity contribution in [2.75, 3.05) is 13.1 Å². The van der Waals surface area contributed by atoms with E-state index in [0.717, 1.165) is 10.2 Å². The van der Waals surface area contributed by atoms with E-state index in [1.165, 1.54) is 41.4 Å². The number of carbonyl (C=O) groups excluding carboxylic acids is 1. The highest BCUT2D eigenvalue weighted by atomic mass is 79.9. The number of hydrogen-bond donors (Lipinski definition) is 1. The van der Waals surface area contributed by atoms with Crippen LogP contribution in [-0.4, -0.2) is 53.9 Å². The second kappa shape index (κ2) is 8.77. The Bertz CT molecular complexity index is 1410. The Kier molecular flexibility index (Phi) is 5.78. The molecule has 3 heterocycles. The van der Waals surface area contributed by atoms with Crippen LogP contribution < -0.4 is 5.56 Å². The molecule has 0 saturated carbocycles. The monoisotopic (exact) mass is 525 g/mol. The first-order chi connectivity index (χ1) is 16.3. The van der Waals surface area contributed by atoms with Crippen LogP contribution in [0.2, 0.25) is 0 Å². The van der Waals surface area contributed by atoms with Gasteiger partial charge in [0.1, 0.15) is 17.5 Å². The fraction of sp³-hybridized carbons (Fsp3) is 0.250. The molecule has 1 fully saturated rings. The number of aromatic nitrogens is 4. The summed E-state index contributed by atoms with van der Waals surface area (Å²) in [4.78, 5) is 31.8. The molecule has 0 spiro atoms. The third-order valence-corrected chi connectivity index (χ3v) is 6.69. The Morgan fingerprint density at radius 2 is 1.76 bits per heavy atom. The minimum absolute atomic E-state index is 0.0663. The molecule has 0 bridgehead atoms. The summed E-state index contributed by atoms with van der Waals surface area (Å²) in [7, 11) is 0. The lowest BCUT2D eigenvalue weighted by Gasteiger charge is -2.38. The molecular weight excluding hydrogens is 505 g/mol. The van der Waals surface area contributed by atoms with E-state index in [0.29, 0.717) is 42.5 Å². The molecule has 10 heteroatoms. The third kappa shape index (κ3) is 4.26. The maximum atomic E-state index is 13.1. The van der Waals surface area contributed by atoms with Gasteiger partial charge in [0, 0.05) is 23.1 Å². The van der Waals surface area contributed by atoms with Crippen molar-refractivity contribution >= 4 is 32.9 Å². The molecule has 1 aliphatic rings. The minimum Gasteiger partial charge on any atom is -0.388 e. The van der Waals surface area contributed by atoms with Crippen LogP contribution >= 0.6 is 15.9 Å². The highest BCUT2D eigenvalue weighted by Gasteiger charge is 2.35. The largest absolute Gasteiger partial charge is 0.388 e. The van der Waals surface area contributed by atoms with Gasteiger partial charge in [-0.15, -0.1) is 0 Å². The molecule has 2 aromatic heterocycles. The number of piperidine rings is 1. The molecule has 2 aromatic carbocycles. The van der Waals surface area contributed by atoms with Gasteiger partial charge in [-0.3, -0.25) is 14.2 Å². The molecule has 0 unspecified atom stereocenters. The van der Waals surface area contributed by atoms with Crippen molar-refractivity contribution in [3.8, 4) is 5.69 Å². The summed E-state index contributed by atoms with van der Waals surface area (Å²) >= 11 is 3.40. The van der Waals surface area contributed by atoms with E-state index in [9.17, 15) is 19.1 Å². The smallest absolute Gasteiger partial charge is 0.264 e. The van der Waals surface area contributed by atoms with Gasteiger partial charge in [-0.25, -0.2) is 14.1 Å². The summed E-state index contributed by atoms with van der Waals surface area (Å²) in [5, 5.41) is 15.8. The second-order valence-corrected chi connectivity index (χ2v) is 9.39. The van der Waals surface area contributed by atoms with E-state index in [1.54, 1.807) is 9.58 Å². The Balaban J connectivity index is 1.32. The number of aliphatic hydroxyl groups is 1. The highest BCUT2D eigenvalue weighted by Crippen LogP contribution is 2.25. The van der Waals surface area contributed by atoms with Crippen LogP contribution in [-0.2, 0) is 6.54 Å². The van der Waals surface area contributed by atoms with Crippen molar-refractivity contribution in [1.82, 2.24) is 24.2 Å². The zero-order valence-electron chi connectivity index (χ0n) is 18.1. The first-order valence-corrected chi connectivity index (χ1v) is 11.6. The number of carbonyl (C=O) groups is 1. The molecule has 1 aliphatic heterocycles. The van der Waals surface area contributed by atoms with Gasteiger partial charge in [-0.05, 0) is 61.4 Å². The summed E-state index contributed by atoms with van der Waals surface area (Å²) in [5.74, 6) is -0.606. The number of hydrogen-bond acceptors (Lipinski definition) is 5. The topological polar surface area (TPSA) is 93.2 Å². The van der Waals surface area contributed by atoms with Gasteiger partial charge in [-0.2, -0.15) is 5.10 Å². The second-order valence-electron chi connectivity index (χ2n) is 8.47. The molecule has 34 heavy (non-hydrogen) atoms. The molecule has 5 rings (SSSR count). The van der Waals surface area contributed by atoms with Crippen molar-refractivity contribution in [1.29, 1.82) is 0 Å². The molecule has 174 valence electrons. The summed E-state index contributed by atoms with van der Waals surface area (Å²) in [6.45, 7) is 0.730. The summed E-state index contributed by atoms with van der Waals surface area (Å²) < 4.78 is 17.1. The molecule has 8 nitrogen and oxygen atoms in total. The minimum atomic E-state index is -1.15. The van der Waals surface area contributed by atoms with E-state index in [1.807, 2.05) is 24.3 Å². The maximum absolute atomic E-state index is 13.1. The fourth-order valence-corrected chi connectivity index (χ4v) is 4.47. The van der Waals surface area contributed by atoms with Gasteiger partial charge in [-0.1, -0.05) is 15.9 Å². The lowest BCUT2D eigenvalue weighted by molar-refractivity contribution is -0.0299. The van der Waals surface area contributed by atoms with Crippen molar-refractivity contribution in [2.24, 2.45) is 0 Å². The Morgan fingerprint density at radius 1 is 1.09 bits per heavy atom. The number of rotatable bonds is 4. The van der Waals surface area contributed by atoms with E-state index >= 15 is 0 Å². The number of benzene rings is 2. The Morgan fingerprint density at radius 3 is 2.44 bits per heavy atom. The fourth-order valence-electron chi connectivity index (χ4n) is 4.21. The number of fused-ring (bicyclic) bond motifs is 1. The Hall–Kier alpha value is -3.37. The maximum Gasteiger partial charge on any atom is 0.264 e. The highest BCUT2D eigenvalue weighted by molar-refractivity contribution is 9.10. The van der Waals surface area contributed by atoms with Gasteiger partial charge >= 0.3 is 0 Å². The van der Waals surface area contributed by atoms with Gasteiger partial charge in [0.05, 0.1) is 24.0 Å². The lowest BCUT2D eigenvalue weighted by atomic mass is 9.91. The Labute approximate surface area is 202 Å². The predicted molar refractivity (Wildman–Crippen MR) is 127 cm³/mol. The standard InChI is InChI=1S/C24H21BrFN5O3/c25-17-3-7-19(8-4-17)31-21-20(13-28-31)23(33)30(15-27-21)14-24(34)9-11-29(12-10-24)22(32)16-1-5-18(26)6-2-16/h1-8,13,15,34H,9-12,14H2. The van der Waals surface area contributed by atoms with Gasteiger partial charge in [0.2, 0.25) is 0 Å². The van der Waals surface area contributed by atoms with Crippen LogP contribution in [0, 0.1) is 5.82 Å². The van der Waals surface area contributed by atoms with Crippen LogP contribution in [0.15, 0.2) is 70.3 Å². The summed E-state index contributed by atoms with van der Waals surface area (Å²) in [5.41, 5.74) is 0.183. The van der Waals surface area contributed by atoms with Crippen LogP contribution in [0.3, 0.4) is 0 Å². The van der Waals surface area contributed by atoms with E-state index in [4.69, 9.17) is 0 Å². The van der Waals surface area contributed by atoms with E-state index < -0.39 is 11.4 Å². The molecule has 1 saturated heterocycles. The summed E-state index contributed by atoms with van der Waals surface area (Å²) in [6, 6.07) is 12.9. The molecule has 0 aliphatic carbocycles. The third-order valence-electron chi connectivity index (χ3n) is 6.16.